The first-order valence-electron chi connectivity index (χ1n) is 7.82. The second-order valence-corrected chi connectivity index (χ2v) is 6.48. The smallest absolute Gasteiger partial charge is 0.394 e. The second kappa shape index (κ2) is 17.1. The minimum Gasteiger partial charge on any atom is -0.394 e. The van der Waals surface area contributed by atoms with E-state index >= 15 is 0 Å². The summed E-state index contributed by atoms with van der Waals surface area (Å²) in [4.78, 5) is 0. The number of ether oxygens (including phenoxy) is 5. The highest BCUT2D eigenvalue weighted by Crippen LogP contribution is 2.05. The standard InChI is InChI=1S/C14H30O6.H2O4S/c1-14(2,3)20-13-12-19-11-10-18-9-8-17-7-6-16-5-4-15;1-5(2,3)4/h15H,4-13H2,1-3H3;(H2,1,2,3,4). The summed E-state index contributed by atoms with van der Waals surface area (Å²) in [5.74, 6) is 0. The first-order valence-corrected chi connectivity index (χ1v) is 9.21. The van der Waals surface area contributed by atoms with E-state index in [1.807, 2.05) is 20.8 Å². The van der Waals surface area contributed by atoms with Crippen LogP contribution in [0.1, 0.15) is 20.8 Å². The van der Waals surface area contributed by atoms with E-state index in [-0.39, 0.29) is 12.2 Å². The maximum Gasteiger partial charge on any atom is 0.394 e. The van der Waals surface area contributed by atoms with Gasteiger partial charge in [0, 0.05) is 0 Å². The Kier molecular flexibility index (Phi) is 18.3. The summed E-state index contributed by atoms with van der Waals surface area (Å²) in [6, 6.07) is 0. The second-order valence-electron chi connectivity index (χ2n) is 5.58. The van der Waals surface area contributed by atoms with Gasteiger partial charge in [-0.05, 0) is 20.8 Å². The zero-order chi connectivity index (χ0) is 19.6. The van der Waals surface area contributed by atoms with Gasteiger partial charge in [-0.3, -0.25) is 9.11 Å². The van der Waals surface area contributed by atoms with Crippen LogP contribution in [-0.2, 0) is 34.1 Å². The Labute approximate surface area is 149 Å². The molecule has 0 aromatic carbocycles. The van der Waals surface area contributed by atoms with E-state index in [9.17, 15) is 0 Å². The zero-order valence-corrected chi connectivity index (χ0v) is 16.0. The fourth-order valence-corrected chi connectivity index (χ4v) is 1.23. The molecule has 0 aliphatic carbocycles. The van der Waals surface area contributed by atoms with E-state index in [1.165, 1.54) is 0 Å². The first-order chi connectivity index (χ1) is 11.6. The summed E-state index contributed by atoms with van der Waals surface area (Å²) in [5, 5.41) is 8.48. The highest BCUT2D eigenvalue weighted by molar-refractivity contribution is 7.79. The quantitative estimate of drug-likeness (QED) is 0.277. The lowest BCUT2D eigenvalue weighted by Crippen LogP contribution is -2.22. The van der Waals surface area contributed by atoms with Crippen LogP contribution in [0.5, 0.6) is 0 Å². The van der Waals surface area contributed by atoms with Gasteiger partial charge >= 0.3 is 10.4 Å². The monoisotopic (exact) mass is 392 g/mol. The summed E-state index contributed by atoms with van der Waals surface area (Å²) in [6.45, 7) is 10.9. The van der Waals surface area contributed by atoms with Crippen LogP contribution in [0.4, 0.5) is 0 Å². The van der Waals surface area contributed by atoms with Crippen molar-refractivity contribution in [3.63, 3.8) is 0 Å². The molecule has 0 aliphatic rings. The average Bonchev–Trinajstić information content (AvgIpc) is 2.45. The molecule has 0 aliphatic heterocycles. The average molecular weight is 392 g/mol. The Bertz CT molecular complexity index is 358. The SMILES string of the molecule is CC(C)(C)OCCOCCOCCOCCOCCO.O=S(=O)(O)O. The third-order valence-electron chi connectivity index (χ3n) is 2.11. The summed E-state index contributed by atoms with van der Waals surface area (Å²) < 4.78 is 58.1. The van der Waals surface area contributed by atoms with Gasteiger partial charge in [-0.25, -0.2) is 0 Å². The summed E-state index contributed by atoms with van der Waals surface area (Å²) in [5.41, 5.74) is -0.113. The van der Waals surface area contributed by atoms with Crippen LogP contribution in [0.3, 0.4) is 0 Å². The molecule has 0 heterocycles. The maximum absolute atomic E-state index is 8.74. The van der Waals surface area contributed by atoms with E-state index in [0.717, 1.165) is 0 Å². The number of hydrogen-bond donors (Lipinski definition) is 3. The van der Waals surface area contributed by atoms with Crippen molar-refractivity contribution in [1.29, 1.82) is 0 Å². The molecule has 0 amide bonds. The molecule has 0 saturated carbocycles. The highest BCUT2D eigenvalue weighted by Gasteiger charge is 2.08. The minimum atomic E-state index is -4.67. The topological polar surface area (TPSA) is 141 Å². The Morgan fingerprint density at radius 3 is 1.24 bits per heavy atom. The fourth-order valence-electron chi connectivity index (χ4n) is 1.23. The Hall–Kier alpha value is -0.370. The van der Waals surface area contributed by atoms with Crippen molar-refractivity contribution in [3.05, 3.63) is 0 Å². The van der Waals surface area contributed by atoms with Gasteiger partial charge in [0.2, 0.25) is 0 Å². The largest absolute Gasteiger partial charge is 0.394 e. The van der Waals surface area contributed by atoms with Gasteiger partial charge in [0.25, 0.3) is 0 Å². The van der Waals surface area contributed by atoms with Crippen LogP contribution >= 0.6 is 0 Å². The molecule has 0 fully saturated rings. The van der Waals surface area contributed by atoms with Crippen LogP contribution < -0.4 is 0 Å². The Balaban J connectivity index is 0. The molecule has 0 spiro atoms. The molecule has 0 aromatic heterocycles. The number of aliphatic hydroxyl groups excluding tert-OH is 1. The molecule has 3 N–H and O–H groups in total. The molecule has 0 saturated heterocycles. The normalized spacial score (nSPS) is 11.9. The molecule has 154 valence electrons. The summed E-state index contributed by atoms with van der Waals surface area (Å²) in [6.07, 6.45) is 0. The minimum absolute atomic E-state index is 0.0455. The summed E-state index contributed by atoms with van der Waals surface area (Å²) >= 11 is 0. The van der Waals surface area contributed by atoms with Crippen LogP contribution in [0, 0.1) is 0 Å². The van der Waals surface area contributed by atoms with Crippen molar-refractivity contribution in [2.45, 2.75) is 26.4 Å². The molecule has 25 heavy (non-hydrogen) atoms. The Morgan fingerprint density at radius 1 is 0.680 bits per heavy atom. The molecule has 0 unspecified atom stereocenters. The Morgan fingerprint density at radius 2 is 0.960 bits per heavy atom. The summed E-state index contributed by atoms with van der Waals surface area (Å²) in [7, 11) is -4.67. The highest BCUT2D eigenvalue weighted by atomic mass is 32.3. The van der Waals surface area contributed by atoms with Gasteiger partial charge in [-0.2, -0.15) is 8.42 Å². The molecule has 0 atom stereocenters. The lowest BCUT2D eigenvalue weighted by atomic mass is 10.2. The first kappa shape index (κ1) is 26.9. The van der Waals surface area contributed by atoms with Gasteiger partial charge in [0.15, 0.2) is 0 Å². The van der Waals surface area contributed by atoms with Gasteiger partial charge < -0.3 is 28.8 Å². The van der Waals surface area contributed by atoms with Crippen molar-refractivity contribution in [2.24, 2.45) is 0 Å². The third kappa shape index (κ3) is 40.0. The number of hydrogen-bond acceptors (Lipinski definition) is 8. The molecular formula is C14H32O10S. The lowest BCUT2D eigenvalue weighted by molar-refractivity contribution is -0.0461. The molecule has 0 bridgehead atoms. The third-order valence-corrected chi connectivity index (χ3v) is 2.11. The van der Waals surface area contributed by atoms with Crippen LogP contribution in [-0.4, -0.2) is 94.3 Å². The maximum atomic E-state index is 8.74. The van der Waals surface area contributed by atoms with E-state index in [0.29, 0.717) is 59.5 Å². The molecule has 0 radical (unpaired) electrons. The van der Waals surface area contributed by atoms with Gasteiger partial charge in [0.1, 0.15) is 0 Å². The van der Waals surface area contributed by atoms with E-state index < -0.39 is 10.4 Å². The zero-order valence-electron chi connectivity index (χ0n) is 15.2. The van der Waals surface area contributed by atoms with Crippen molar-refractivity contribution in [2.75, 3.05) is 66.1 Å². The number of rotatable bonds is 14. The molecule has 0 aromatic rings. The van der Waals surface area contributed by atoms with Crippen molar-refractivity contribution >= 4 is 10.4 Å². The molecule has 11 heteroatoms. The lowest BCUT2D eigenvalue weighted by Gasteiger charge is -2.19. The predicted octanol–water partition coefficient (Wildman–Crippen LogP) is 0.207. The fraction of sp³-hybridized carbons (Fsp3) is 1.00. The van der Waals surface area contributed by atoms with E-state index in [1.54, 1.807) is 0 Å². The molecular weight excluding hydrogens is 360 g/mol. The van der Waals surface area contributed by atoms with Gasteiger partial charge in [0.05, 0.1) is 71.7 Å². The van der Waals surface area contributed by atoms with Gasteiger partial charge in [-0.1, -0.05) is 0 Å². The molecule has 10 nitrogen and oxygen atoms in total. The molecule has 0 rings (SSSR count). The van der Waals surface area contributed by atoms with Crippen LogP contribution in [0.2, 0.25) is 0 Å². The predicted molar refractivity (Wildman–Crippen MR) is 90.2 cm³/mol. The van der Waals surface area contributed by atoms with E-state index in [2.05, 4.69) is 0 Å². The van der Waals surface area contributed by atoms with E-state index in [4.69, 9.17) is 46.3 Å². The van der Waals surface area contributed by atoms with Crippen LogP contribution in [0.25, 0.3) is 0 Å². The van der Waals surface area contributed by atoms with Crippen LogP contribution in [0.15, 0.2) is 0 Å². The van der Waals surface area contributed by atoms with Gasteiger partial charge in [-0.15, -0.1) is 0 Å². The van der Waals surface area contributed by atoms with Crippen molar-refractivity contribution < 1.29 is 46.3 Å². The number of aliphatic hydroxyl groups is 1. The van der Waals surface area contributed by atoms with Crippen molar-refractivity contribution in [1.82, 2.24) is 0 Å². The van der Waals surface area contributed by atoms with Crippen molar-refractivity contribution in [3.8, 4) is 0 Å².